The molecular weight excluding hydrogens is 224 g/mol. The fourth-order valence-corrected chi connectivity index (χ4v) is 2.58. The minimum Gasteiger partial charge on any atom is -0.399 e. The van der Waals surface area contributed by atoms with Crippen molar-refractivity contribution in [3.63, 3.8) is 0 Å². The fourth-order valence-electron chi connectivity index (χ4n) is 2.58. The Morgan fingerprint density at radius 2 is 2.28 bits per heavy atom. The van der Waals surface area contributed by atoms with Crippen LogP contribution in [-0.2, 0) is 11.2 Å². The molecular formula is C15H24N2O. The summed E-state index contributed by atoms with van der Waals surface area (Å²) >= 11 is 0. The van der Waals surface area contributed by atoms with Gasteiger partial charge in [-0.05, 0) is 37.5 Å². The summed E-state index contributed by atoms with van der Waals surface area (Å²) in [6, 6.07) is 8.77. The molecule has 2 rings (SSSR count). The van der Waals surface area contributed by atoms with Crippen molar-refractivity contribution in [2.45, 2.75) is 38.8 Å². The lowest BCUT2D eigenvalue weighted by Gasteiger charge is -2.38. The van der Waals surface area contributed by atoms with Crippen molar-refractivity contribution in [2.75, 3.05) is 25.4 Å². The third-order valence-corrected chi connectivity index (χ3v) is 3.69. The molecule has 0 radical (unpaired) electrons. The van der Waals surface area contributed by atoms with Gasteiger partial charge in [0.2, 0.25) is 0 Å². The molecule has 3 heteroatoms. The van der Waals surface area contributed by atoms with Gasteiger partial charge in [-0.25, -0.2) is 0 Å². The van der Waals surface area contributed by atoms with Crippen LogP contribution >= 0.6 is 0 Å². The van der Waals surface area contributed by atoms with E-state index in [1.54, 1.807) is 0 Å². The molecule has 1 fully saturated rings. The summed E-state index contributed by atoms with van der Waals surface area (Å²) in [6.45, 7) is 7.39. The van der Waals surface area contributed by atoms with E-state index < -0.39 is 0 Å². The quantitative estimate of drug-likeness (QED) is 0.831. The Balaban J connectivity index is 1.91. The maximum atomic E-state index is 5.81. The highest BCUT2D eigenvalue weighted by Gasteiger charge is 2.24. The van der Waals surface area contributed by atoms with Gasteiger partial charge in [0.25, 0.3) is 0 Å². The Labute approximate surface area is 110 Å². The summed E-state index contributed by atoms with van der Waals surface area (Å²) in [5, 5.41) is 0. The van der Waals surface area contributed by atoms with Crippen molar-refractivity contribution in [2.24, 2.45) is 0 Å². The van der Waals surface area contributed by atoms with Gasteiger partial charge in [-0.15, -0.1) is 0 Å². The smallest absolute Gasteiger partial charge is 0.0674 e. The van der Waals surface area contributed by atoms with E-state index in [0.29, 0.717) is 12.1 Å². The van der Waals surface area contributed by atoms with E-state index in [9.17, 15) is 0 Å². The number of nitrogens with zero attached hydrogens (tertiary/aromatic N) is 1. The van der Waals surface area contributed by atoms with Gasteiger partial charge < -0.3 is 10.5 Å². The van der Waals surface area contributed by atoms with Crippen molar-refractivity contribution >= 4 is 5.69 Å². The molecule has 1 aromatic carbocycles. The number of benzene rings is 1. The van der Waals surface area contributed by atoms with Gasteiger partial charge in [0, 0.05) is 24.8 Å². The zero-order valence-corrected chi connectivity index (χ0v) is 11.4. The maximum Gasteiger partial charge on any atom is 0.0674 e. The Morgan fingerprint density at radius 3 is 3.00 bits per heavy atom. The largest absolute Gasteiger partial charge is 0.399 e. The van der Waals surface area contributed by atoms with Gasteiger partial charge >= 0.3 is 0 Å². The highest BCUT2D eigenvalue weighted by Crippen LogP contribution is 2.16. The molecule has 100 valence electrons. The van der Waals surface area contributed by atoms with E-state index in [1.165, 1.54) is 5.56 Å². The Bertz CT molecular complexity index is 381. The van der Waals surface area contributed by atoms with Gasteiger partial charge in [0.1, 0.15) is 0 Å². The van der Waals surface area contributed by atoms with Gasteiger partial charge in [0.05, 0.1) is 12.7 Å². The lowest BCUT2D eigenvalue weighted by Crippen LogP contribution is -2.49. The molecule has 1 aliphatic rings. The summed E-state index contributed by atoms with van der Waals surface area (Å²) in [5.74, 6) is 0. The maximum absolute atomic E-state index is 5.81. The Hall–Kier alpha value is -1.06. The third-order valence-electron chi connectivity index (χ3n) is 3.69. The van der Waals surface area contributed by atoms with Crippen LogP contribution < -0.4 is 5.73 Å². The Kier molecular flexibility index (Phi) is 4.61. The number of anilines is 1. The summed E-state index contributed by atoms with van der Waals surface area (Å²) in [7, 11) is 0. The molecule has 0 amide bonds. The van der Waals surface area contributed by atoms with E-state index in [4.69, 9.17) is 10.5 Å². The second-order valence-electron chi connectivity index (χ2n) is 5.20. The predicted molar refractivity (Wildman–Crippen MR) is 75.6 cm³/mol. The highest BCUT2D eigenvalue weighted by atomic mass is 16.5. The van der Waals surface area contributed by atoms with E-state index in [2.05, 4.69) is 30.9 Å². The van der Waals surface area contributed by atoms with Crippen molar-refractivity contribution in [3.05, 3.63) is 29.8 Å². The standard InChI is InChI=1S/C15H24N2O/c1-3-15-11-18-12(2)10-17(15)8-7-13-5-4-6-14(16)9-13/h4-6,9,12,15H,3,7-8,10-11,16H2,1-2H3. The van der Waals surface area contributed by atoms with Crippen molar-refractivity contribution in [3.8, 4) is 0 Å². The van der Waals surface area contributed by atoms with Crippen LogP contribution in [0.25, 0.3) is 0 Å². The number of rotatable bonds is 4. The van der Waals surface area contributed by atoms with Crippen LogP contribution in [-0.4, -0.2) is 36.7 Å². The summed E-state index contributed by atoms with van der Waals surface area (Å²) < 4.78 is 5.72. The summed E-state index contributed by atoms with van der Waals surface area (Å²) in [5.41, 5.74) is 7.99. The first-order valence-electron chi connectivity index (χ1n) is 6.89. The third kappa shape index (κ3) is 3.47. The average Bonchev–Trinajstić information content (AvgIpc) is 2.37. The molecule has 0 saturated carbocycles. The molecule has 1 heterocycles. The summed E-state index contributed by atoms with van der Waals surface area (Å²) in [6.07, 6.45) is 2.58. The molecule has 0 spiro atoms. The lowest BCUT2D eigenvalue weighted by molar-refractivity contribution is -0.0552. The number of hydrogen-bond donors (Lipinski definition) is 1. The van der Waals surface area contributed by atoms with Crippen LogP contribution in [0.2, 0.25) is 0 Å². The van der Waals surface area contributed by atoms with Crippen LogP contribution in [0.15, 0.2) is 24.3 Å². The molecule has 1 aromatic rings. The van der Waals surface area contributed by atoms with Crippen molar-refractivity contribution in [1.82, 2.24) is 4.90 Å². The number of ether oxygens (including phenoxy) is 1. The first kappa shape index (κ1) is 13.4. The minimum atomic E-state index is 0.355. The van der Waals surface area contributed by atoms with Crippen LogP contribution in [0.4, 0.5) is 5.69 Å². The molecule has 2 atom stereocenters. The first-order valence-corrected chi connectivity index (χ1v) is 6.89. The number of nitrogens with two attached hydrogens (primary N) is 1. The van der Waals surface area contributed by atoms with Gasteiger partial charge in [-0.3, -0.25) is 4.90 Å². The molecule has 1 aliphatic heterocycles. The number of morpholine rings is 1. The van der Waals surface area contributed by atoms with E-state index >= 15 is 0 Å². The van der Waals surface area contributed by atoms with Crippen molar-refractivity contribution in [1.29, 1.82) is 0 Å². The van der Waals surface area contributed by atoms with Crippen molar-refractivity contribution < 1.29 is 4.74 Å². The van der Waals surface area contributed by atoms with Gasteiger partial charge in [-0.1, -0.05) is 19.1 Å². The second kappa shape index (κ2) is 6.21. The van der Waals surface area contributed by atoms with Gasteiger partial charge in [-0.2, -0.15) is 0 Å². The van der Waals surface area contributed by atoms with Crippen LogP contribution in [0.3, 0.4) is 0 Å². The average molecular weight is 248 g/mol. The lowest BCUT2D eigenvalue weighted by atomic mass is 10.1. The molecule has 0 aromatic heterocycles. The van der Waals surface area contributed by atoms with E-state index in [0.717, 1.165) is 38.2 Å². The fraction of sp³-hybridized carbons (Fsp3) is 0.600. The minimum absolute atomic E-state index is 0.355. The number of nitrogen functional groups attached to an aromatic ring is 1. The molecule has 2 unspecified atom stereocenters. The van der Waals surface area contributed by atoms with Crippen LogP contribution in [0, 0.1) is 0 Å². The molecule has 0 bridgehead atoms. The monoisotopic (exact) mass is 248 g/mol. The second-order valence-corrected chi connectivity index (χ2v) is 5.20. The zero-order valence-electron chi connectivity index (χ0n) is 11.4. The van der Waals surface area contributed by atoms with E-state index in [1.807, 2.05) is 12.1 Å². The molecule has 18 heavy (non-hydrogen) atoms. The Morgan fingerprint density at radius 1 is 1.44 bits per heavy atom. The van der Waals surface area contributed by atoms with E-state index in [-0.39, 0.29) is 0 Å². The normalized spacial score (nSPS) is 25.2. The molecule has 0 aliphatic carbocycles. The topological polar surface area (TPSA) is 38.5 Å². The summed E-state index contributed by atoms with van der Waals surface area (Å²) in [4.78, 5) is 2.55. The SMILES string of the molecule is CCC1COC(C)CN1CCc1cccc(N)c1. The number of hydrogen-bond acceptors (Lipinski definition) is 3. The zero-order chi connectivity index (χ0) is 13.0. The first-order chi connectivity index (χ1) is 8.69. The molecule has 2 N–H and O–H groups in total. The van der Waals surface area contributed by atoms with Gasteiger partial charge in [0.15, 0.2) is 0 Å². The highest BCUT2D eigenvalue weighted by molar-refractivity contribution is 5.40. The van der Waals surface area contributed by atoms with Crippen LogP contribution in [0.1, 0.15) is 25.8 Å². The molecule has 3 nitrogen and oxygen atoms in total. The van der Waals surface area contributed by atoms with Crippen LogP contribution in [0.5, 0.6) is 0 Å². The molecule has 1 saturated heterocycles. The predicted octanol–water partition coefficient (Wildman–Crippen LogP) is 2.31.